The number of carbonyl (C=O) groups is 1. The fourth-order valence-corrected chi connectivity index (χ4v) is 1.04. The maximum absolute atomic E-state index is 11.2. The molecular formula is C8H13N3O3. The summed E-state index contributed by atoms with van der Waals surface area (Å²) in [6.07, 6.45) is -0.754. The summed E-state index contributed by atoms with van der Waals surface area (Å²) >= 11 is 0. The lowest BCUT2D eigenvalue weighted by molar-refractivity contribution is 0.0511. The first kappa shape index (κ1) is 10.6. The lowest BCUT2D eigenvalue weighted by atomic mass is 10.4. The monoisotopic (exact) mass is 199 g/mol. The third-order valence-electron chi connectivity index (χ3n) is 1.63. The summed E-state index contributed by atoms with van der Waals surface area (Å²) in [5.41, 5.74) is 0. The van der Waals surface area contributed by atoms with E-state index in [4.69, 9.17) is 4.74 Å². The van der Waals surface area contributed by atoms with E-state index in [0.29, 0.717) is 5.82 Å². The van der Waals surface area contributed by atoms with Gasteiger partial charge in [0.05, 0.1) is 6.61 Å². The number of aliphatic hydroxyl groups is 1. The molecule has 1 heterocycles. The molecule has 78 valence electrons. The Morgan fingerprint density at radius 2 is 2.36 bits per heavy atom. The van der Waals surface area contributed by atoms with Gasteiger partial charge in [0, 0.05) is 7.05 Å². The van der Waals surface area contributed by atoms with E-state index in [0.717, 1.165) is 0 Å². The Balaban J connectivity index is 2.90. The second-order valence-electron chi connectivity index (χ2n) is 2.81. The second kappa shape index (κ2) is 4.19. The highest BCUT2D eigenvalue weighted by Gasteiger charge is 2.17. The van der Waals surface area contributed by atoms with Crippen LogP contribution < -0.4 is 0 Å². The van der Waals surface area contributed by atoms with Crippen molar-refractivity contribution in [3.8, 4) is 0 Å². The average molecular weight is 199 g/mol. The van der Waals surface area contributed by atoms with Crippen LogP contribution in [0.15, 0.2) is 0 Å². The highest BCUT2D eigenvalue weighted by atomic mass is 16.5. The Kier molecular flexibility index (Phi) is 3.19. The number of hydrogen-bond donors (Lipinski definition) is 1. The Morgan fingerprint density at radius 1 is 1.71 bits per heavy atom. The summed E-state index contributed by atoms with van der Waals surface area (Å²) < 4.78 is 6.08. The average Bonchev–Trinajstić information content (AvgIpc) is 2.48. The molecule has 14 heavy (non-hydrogen) atoms. The molecule has 0 saturated carbocycles. The molecule has 0 fully saturated rings. The normalized spacial score (nSPS) is 12.6. The molecule has 0 saturated heterocycles. The number of aromatic nitrogens is 3. The zero-order valence-electron chi connectivity index (χ0n) is 8.39. The zero-order chi connectivity index (χ0) is 10.7. The van der Waals surface area contributed by atoms with Crippen molar-refractivity contribution in [3.63, 3.8) is 0 Å². The van der Waals surface area contributed by atoms with Crippen LogP contribution in [0.4, 0.5) is 0 Å². The molecule has 0 aliphatic rings. The van der Waals surface area contributed by atoms with Crippen LogP contribution in [-0.4, -0.2) is 32.4 Å². The summed E-state index contributed by atoms with van der Waals surface area (Å²) in [5, 5.41) is 13.1. The van der Waals surface area contributed by atoms with Gasteiger partial charge >= 0.3 is 5.97 Å². The molecule has 0 amide bonds. The van der Waals surface area contributed by atoms with E-state index in [1.165, 1.54) is 4.68 Å². The number of carbonyl (C=O) groups excluding carboxylic acids is 1. The van der Waals surface area contributed by atoms with E-state index in [1.54, 1.807) is 20.9 Å². The molecule has 1 aromatic heterocycles. The van der Waals surface area contributed by atoms with E-state index in [-0.39, 0.29) is 12.4 Å². The Labute approximate surface area is 81.5 Å². The van der Waals surface area contributed by atoms with Crippen LogP contribution in [0.5, 0.6) is 0 Å². The van der Waals surface area contributed by atoms with Gasteiger partial charge in [0.25, 0.3) is 5.82 Å². The number of rotatable bonds is 3. The third-order valence-corrected chi connectivity index (χ3v) is 1.63. The number of ether oxygens (including phenoxy) is 1. The van der Waals surface area contributed by atoms with Crippen LogP contribution in [0, 0.1) is 0 Å². The molecule has 0 bridgehead atoms. The van der Waals surface area contributed by atoms with Gasteiger partial charge in [-0.15, -0.1) is 5.10 Å². The zero-order valence-corrected chi connectivity index (χ0v) is 8.39. The third kappa shape index (κ3) is 2.08. The molecule has 1 aromatic rings. The van der Waals surface area contributed by atoms with Crippen LogP contribution in [0.3, 0.4) is 0 Å². The van der Waals surface area contributed by atoms with Gasteiger partial charge in [0.15, 0.2) is 5.82 Å². The minimum atomic E-state index is -0.754. The van der Waals surface area contributed by atoms with Gasteiger partial charge in [-0.3, -0.25) is 0 Å². The van der Waals surface area contributed by atoms with Gasteiger partial charge in [0.2, 0.25) is 0 Å². The SMILES string of the molecule is CCOC(=O)c1nc(C(C)O)n(C)n1. The lowest BCUT2D eigenvalue weighted by Crippen LogP contribution is -2.07. The molecule has 1 N–H and O–H groups in total. The van der Waals surface area contributed by atoms with Crippen LogP contribution in [-0.2, 0) is 11.8 Å². The summed E-state index contributed by atoms with van der Waals surface area (Å²) in [5.74, 6) is -0.256. The first-order valence-corrected chi connectivity index (χ1v) is 4.32. The predicted molar refractivity (Wildman–Crippen MR) is 47.6 cm³/mol. The number of nitrogens with zero attached hydrogens (tertiary/aromatic N) is 3. The van der Waals surface area contributed by atoms with Gasteiger partial charge in [-0.05, 0) is 13.8 Å². The molecule has 1 rings (SSSR count). The van der Waals surface area contributed by atoms with Gasteiger partial charge in [0.1, 0.15) is 6.10 Å². The summed E-state index contributed by atoms with van der Waals surface area (Å²) in [6.45, 7) is 3.54. The van der Waals surface area contributed by atoms with Crippen molar-refractivity contribution in [2.45, 2.75) is 20.0 Å². The van der Waals surface area contributed by atoms with Crippen molar-refractivity contribution in [1.82, 2.24) is 14.8 Å². The van der Waals surface area contributed by atoms with Crippen molar-refractivity contribution in [3.05, 3.63) is 11.6 Å². The predicted octanol–water partition coefficient (Wildman–Crippen LogP) is 0.0451. The standard InChI is InChI=1S/C8H13N3O3/c1-4-14-8(13)6-9-7(5(2)12)11(3)10-6/h5,12H,4H2,1-3H3. The van der Waals surface area contributed by atoms with Gasteiger partial charge in [-0.1, -0.05) is 0 Å². The Morgan fingerprint density at radius 3 is 2.79 bits per heavy atom. The molecular weight excluding hydrogens is 186 g/mol. The largest absolute Gasteiger partial charge is 0.460 e. The van der Waals surface area contributed by atoms with Crippen molar-refractivity contribution < 1.29 is 14.6 Å². The second-order valence-corrected chi connectivity index (χ2v) is 2.81. The van der Waals surface area contributed by atoms with Crippen molar-refractivity contribution in [2.75, 3.05) is 6.61 Å². The van der Waals surface area contributed by atoms with E-state index in [1.807, 2.05) is 0 Å². The summed E-state index contributed by atoms with van der Waals surface area (Å²) in [4.78, 5) is 15.0. The summed E-state index contributed by atoms with van der Waals surface area (Å²) in [6, 6.07) is 0. The van der Waals surface area contributed by atoms with Crippen molar-refractivity contribution in [1.29, 1.82) is 0 Å². The molecule has 6 nitrogen and oxygen atoms in total. The summed E-state index contributed by atoms with van der Waals surface area (Å²) in [7, 11) is 1.61. The highest BCUT2D eigenvalue weighted by molar-refractivity contribution is 5.84. The molecule has 0 radical (unpaired) electrons. The molecule has 1 unspecified atom stereocenters. The molecule has 0 spiro atoms. The number of aryl methyl sites for hydroxylation is 1. The Hall–Kier alpha value is -1.43. The van der Waals surface area contributed by atoms with E-state index >= 15 is 0 Å². The minimum absolute atomic E-state index is 0.0229. The minimum Gasteiger partial charge on any atom is -0.460 e. The molecule has 0 aliphatic carbocycles. The molecule has 1 atom stereocenters. The van der Waals surface area contributed by atoms with Crippen LogP contribution >= 0.6 is 0 Å². The van der Waals surface area contributed by atoms with Gasteiger partial charge < -0.3 is 9.84 Å². The lowest BCUT2D eigenvalue weighted by Gasteiger charge is -1.99. The fourth-order valence-electron chi connectivity index (χ4n) is 1.04. The maximum atomic E-state index is 11.2. The first-order valence-electron chi connectivity index (χ1n) is 4.32. The molecule has 0 aliphatic heterocycles. The quantitative estimate of drug-likeness (QED) is 0.696. The van der Waals surface area contributed by atoms with E-state index in [9.17, 15) is 9.90 Å². The van der Waals surface area contributed by atoms with Crippen LogP contribution in [0.25, 0.3) is 0 Å². The number of aliphatic hydroxyl groups excluding tert-OH is 1. The Bertz CT molecular complexity index is 333. The van der Waals surface area contributed by atoms with Gasteiger partial charge in [-0.25, -0.2) is 14.5 Å². The smallest absolute Gasteiger partial charge is 0.378 e. The number of hydrogen-bond acceptors (Lipinski definition) is 5. The fraction of sp³-hybridized carbons (Fsp3) is 0.625. The van der Waals surface area contributed by atoms with E-state index in [2.05, 4.69) is 10.1 Å². The van der Waals surface area contributed by atoms with Gasteiger partial charge in [-0.2, -0.15) is 0 Å². The molecule has 0 aromatic carbocycles. The van der Waals surface area contributed by atoms with Crippen molar-refractivity contribution >= 4 is 5.97 Å². The van der Waals surface area contributed by atoms with Crippen LogP contribution in [0.2, 0.25) is 0 Å². The van der Waals surface area contributed by atoms with Crippen molar-refractivity contribution in [2.24, 2.45) is 7.05 Å². The first-order chi connectivity index (χ1) is 6.56. The molecule has 6 heteroatoms. The topological polar surface area (TPSA) is 77.2 Å². The number of esters is 1. The van der Waals surface area contributed by atoms with E-state index < -0.39 is 12.1 Å². The van der Waals surface area contributed by atoms with Crippen LogP contribution in [0.1, 0.15) is 36.4 Å². The maximum Gasteiger partial charge on any atom is 0.378 e. The highest BCUT2D eigenvalue weighted by Crippen LogP contribution is 2.08.